The fourth-order valence-electron chi connectivity index (χ4n) is 2.73. The SMILES string of the molecule is CCc1ccc(CC/C(=C\C(N)=O)c2ccc(OC)c(OC)c2)cc1. The molecule has 0 saturated carbocycles. The van der Waals surface area contributed by atoms with E-state index in [9.17, 15) is 4.79 Å². The molecule has 2 N–H and O–H groups in total. The summed E-state index contributed by atoms with van der Waals surface area (Å²) in [7, 11) is 3.19. The largest absolute Gasteiger partial charge is 0.493 e. The number of hydrogen-bond acceptors (Lipinski definition) is 3. The average molecular weight is 339 g/mol. The van der Waals surface area contributed by atoms with Gasteiger partial charge in [-0.25, -0.2) is 0 Å². The minimum atomic E-state index is -0.453. The first-order chi connectivity index (χ1) is 12.1. The van der Waals surface area contributed by atoms with Gasteiger partial charge in [0.25, 0.3) is 0 Å². The Kier molecular flexibility index (Phi) is 6.63. The number of methoxy groups -OCH3 is 2. The van der Waals surface area contributed by atoms with E-state index in [1.54, 1.807) is 14.2 Å². The number of aryl methyl sites for hydroxylation is 2. The van der Waals surface area contributed by atoms with Crippen LogP contribution in [0.4, 0.5) is 0 Å². The molecule has 25 heavy (non-hydrogen) atoms. The van der Waals surface area contributed by atoms with Crippen molar-refractivity contribution in [3.8, 4) is 11.5 Å². The molecule has 2 aromatic carbocycles. The zero-order chi connectivity index (χ0) is 18.2. The van der Waals surface area contributed by atoms with Gasteiger partial charge in [0.05, 0.1) is 14.2 Å². The number of rotatable bonds is 8. The predicted octanol–water partition coefficient (Wildman–Crippen LogP) is 3.77. The highest BCUT2D eigenvalue weighted by Crippen LogP contribution is 2.31. The molecule has 2 rings (SSSR count). The van der Waals surface area contributed by atoms with Gasteiger partial charge in [0.1, 0.15) is 0 Å². The summed E-state index contributed by atoms with van der Waals surface area (Å²) in [5, 5.41) is 0. The summed E-state index contributed by atoms with van der Waals surface area (Å²) >= 11 is 0. The molecule has 0 aliphatic heterocycles. The van der Waals surface area contributed by atoms with Gasteiger partial charge in [-0.05, 0) is 53.7 Å². The summed E-state index contributed by atoms with van der Waals surface area (Å²) in [6.45, 7) is 2.14. The van der Waals surface area contributed by atoms with Crippen LogP contribution >= 0.6 is 0 Å². The number of hydrogen-bond donors (Lipinski definition) is 1. The maximum atomic E-state index is 11.4. The van der Waals surface area contributed by atoms with Crippen molar-refractivity contribution in [1.29, 1.82) is 0 Å². The number of ether oxygens (including phenoxy) is 2. The Bertz CT molecular complexity index is 748. The molecular weight excluding hydrogens is 314 g/mol. The first-order valence-electron chi connectivity index (χ1n) is 8.37. The lowest BCUT2D eigenvalue weighted by molar-refractivity contribution is -0.113. The predicted molar refractivity (Wildman–Crippen MR) is 101 cm³/mol. The van der Waals surface area contributed by atoms with Crippen molar-refractivity contribution in [2.75, 3.05) is 14.2 Å². The van der Waals surface area contributed by atoms with Crippen molar-refractivity contribution in [2.45, 2.75) is 26.2 Å². The van der Waals surface area contributed by atoms with E-state index in [0.717, 1.165) is 24.0 Å². The van der Waals surface area contributed by atoms with Crippen molar-refractivity contribution in [3.05, 3.63) is 65.2 Å². The van der Waals surface area contributed by atoms with Crippen LogP contribution in [0.3, 0.4) is 0 Å². The number of carbonyl (C=O) groups excluding carboxylic acids is 1. The third-order valence-electron chi connectivity index (χ3n) is 4.19. The van der Waals surface area contributed by atoms with Crippen LogP contribution in [0.25, 0.3) is 5.57 Å². The molecule has 0 heterocycles. The fourth-order valence-corrected chi connectivity index (χ4v) is 2.73. The topological polar surface area (TPSA) is 61.6 Å². The van der Waals surface area contributed by atoms with Crippen molar-refractivity contribution in [1.82, 2.24) is 0 Å². The number of allylic oxidation sites excluding steroid dienone is 1. The molecule has 0 aliphatic carbocycles. The quantitative estimate of drug-likeness (QED) is 0.745. The Morgan fingerprint density at radius 3 is 2.20 bits per heavy atom. The molecule has 1 amide bonds. The normalized spacial score (nSPS) is 11.2. The second-order valence-corrected chi connectivity index (χ2v) is 5.81. The Balaban J connectivity index is 2.23. The van der Waals surface area contributed by atoms with E-state index in [4.69, 9.17) is 15.2 Å². The van der Waals surface area contributed by atoms with Crippen LogP contribution in [0.2, 0.25) is 0 Å². The molecule has 0 spiro atoms. The minimum Gasteiger partial charge on any atom is -0.493 e. The summed E-state index contributed by atoms with van der Waals surface area (Å²) in [4.78, 5) is 11.4. The minimum absolute atomic E-state index is 0.453. The lowest BCUT2D eigenvalue weighted by Gasteiger charge is -2.12. The smallest absolute Gasteiger partial charge is 0.241 e. The molecule has 2 aromatic rings. The molecule has 0 radical (unpaired) electrons. The molecular formula is C21H25NO3. The van der Waals surface area contributed by atoms with E-state index >= 15 is 0 Å². The Labute approximate surface area is 149 Å². The van der Waals surface area contributed by atoms with Crippen LogP contribution < -0.4 is 15.2 Å². The van der Waals surface area contributed by atoms with Crippen LogP contribution in [0.1, 0.15) is 30.0 Å². The van der Waals surface area contributed by atoms with E-state index in [-0.39, 0.29) is 0 Å². The zero-order valence-corrected chi connectivity index (χ0v) is 15.0. The van der Waals surface area contributed by atoms with Gasteiger partial charge in [0.15, 0.2) is 11.5 Å². The fraction of sp³-hybridized carbons (Fsp3) is 0.286. The summed E-state index contributed by atoms with van der Waals surface area (Å²) in [6.07, 6.45) is 4.06. The van der Waals surface area contributed by atoms with Crippen LogP contribution in [-0.2, 0) is 17.6 Å². The van der Waals surface area contributed by atoms with Gasteiger partial charge in [0.2, 0.25) is 5.91 Å². The third-order valence-corrected chi connectivity index (χ3v) is 4.19. The second kappa shape index (κ2) is 8.92. The van der Waals surface area contributed by atoms with Crippen molar-refractivity contribution in [3.63, 3.8) is 0 Å². The number of benzene rings is 2. The van der Waals surface area contributed by atoms with Gasteiger partial charge in [-0.2, -0.15) is 0 Å². The molecule has 4 heteroatoms. The van der Waals surface area contributed by atoms with Gasteiger partial charge >= 0.3 is 0 Å². The van der Waals surface area contributed by atoms with Crippen molar-refractivity contribution < 1.29 is 14.3 Å². The van der Waals surface area contributed by atoms with E-state index in [1.165, 1.54) is 17.2 Å². The van der Waals surface area contributed by atoms with Gasteiger partial charge in [-0.15, -0.1) is 0 Å². The maximum Gasteiger partial charge on any atom is 0.241 e. The van der Waals surface area contributed by atoms with Crippen LogP contribution in [0.15, 0.2) is 48.5 Å². The molecule has 4 nitrogen and oxygen atoms in total. The number of primary amides is 1. The van der Waals surface area contributed by atoms with E-state index in [1.807, 2.05) is 18.2 Å². The molecule has 0 aliphatic rings. The monoisotopic (exact) mass is 339 g/mol. The molecule has 0 fully saturated rings. The van der Waals surface area contributed by atoms with Crippen LogP contribution in [-0.4, -0.2) is 20.1 Å². The Morgan fingerprint density at radius 2 is 1.64 bits per heavy atom. The van der Waals surface area contributed by atoms with Gasteiger partial charge < -0.3 is 15.2 Å². The standard InChI is InChI=1S/C21H25NO3/c1-4-15-5-7-16(8-6-15)9-10-18(14-21(22)23)17-11-12-19(24-2)20(13-17)25-3/h5-8,11-14H,4,9-10H2,1-3H3,(H2,22,23)/b18-14+. The second-order valence-electron chi connectivity index (χ2n) is 5.81. The third kappa shape index (κ3) is 5.11. The van der Waals surface area contributed by atoms with Crippen LogP contribution in [0.5, 0.6) is 11.5 Å². The number of carbonyl (C=O) groups is 1. The van der Waals surface area contributed by atoms with Gasteiger partial charge in [-0.1, -0.05) is 37.3 Å². The molecule has 0 saturated heterocycles. The zero-order valence-electron chi connectivity index (χ0n) is 15.0. The number of amides is 1. The molecule has 132 valence electrons. The van der Waals surface area contributed by atoms with E-state index in [2.05, 4.69) is 31.2 Å². The summed E-state index contributed by atoms with van der Waals surface area (Å²) in [5.41, 5.74) is 9.73. The van der Waals surface area contributed by atoms with E-state index in [0.29, 0.717) is 17.9 Å². The van der Waals surface area contributed by atoms with E-state index < -0.39 is 5.91 Å². The van der Waals surface area contributed by atoms with Gasteiger partial charge in [0, 0.05) is 6.08 Å². The van der Waals surface area contributed by atoms with Crippen molar-refractivity contribution >= 4 is 11.5 Å². The first kappa shape index (κ1) is 18.6. The molecule has 0 aromatic heterocycles. The molecule has 0 atom stereocenters. The van der Waals surface area contributed by atoms with Gasteiger partial charge in [-0.3, -0.25) is 4.79 Å². The molecule has 0 unspecified atom stereocenters. The number of nitrogens with two attached hydrogens (primary N) is 1. The highest BCUT2D eigenvalue weighted by atomic mass is 16.5. The Morgan fingerprint density at radius 1 is 1.00 bits per heavy atom. The van der Waals surface area contributed by atoms with Crippen molar-refractivity contribution in [2.24, 2.45) is 5.73 Å². The summed E-state index contributed by atoms with van der Waals surface area (Å²) < 4.78 is 10.6. The summed E-state index contributed by atoms with van der Waals surface area (Å²) in [5.74, 6) is 0.827. The summed E-state index contributed by atoms with van der Waals surface area (Å²) in [6, 6.07) is 14.2. The van der Waals surface area contributed by atoms with Crippen LogP contribution in [0, 0.1) is 0 Å². The first-order valence-corrected chi connectivity index (χ1v) is 8.37. The molecule has 0 bridgehead atoms. The highest BCUT2D eigenvalue weighted by molar-refractivity contribution is 5.94. The maximum absolute atomic E-state index is 11.4. The highest BCUT2D eigenvalue weighted by Gasteiger charge is 2.10. The Hall–Kier alpha value is -2.75. The lowest BCUT2D eigenvalue weighted by Crippen LogP contribution is -2.07. The average Bonchev–Trinajstić information content (AvgIpc) is 2.64. The lowest BCUT2D eigenvalue weighted by atomic mass is 9.97.